The predicted octanol–water partition coefficient (Wildman–Crippen LogP) is 2.40. The molecule has 0 amide bonds. The summed E-state index contributed by atoms with van der Waals surface area (Å²) in [6, 6.07) is 0.550. The number of guanidine groups is 1. The monoisotopic (exact) mass is 336 g/mol. The molecule has 0 unspecified atom stereocenters. The Morgan fingerprint density at radius 1 is 1.38 bits per heavy atom. The number of nitrogens with one attached hydrogen (secondary N) is 2. The smallest absolute Gasteiger partial charge is 0.191 e. The number of nitrogens with zero attached hydrogens (tertiary/aromatic N) is 2. The molecule has 138 valence electrons. The molecule has 0 aliphatic carbocycles. The minimum absolute atomic E-state index is 0.550. The molecule has 2 aliphatic heterocycles. The van der Waals surface area contributed by atoms with Crippen molar-refractivity contribution in [2.75, 3.05) is 45.9 Å². The van der Waals surface area contributed by atoms with Crippen molar-refractivity contribution < 1.29 is 4.74 Å². The van der Waals surface area contributed by atoms with Gasteiger partial charge in [0, 0.05) is 38.8 Å². The van der Waals surface area contributed by atoms with Gasteiger partial charge in [-0.2, -0.15) is 0 Å². The lowest BCUT2D eigenvalue weighted by molar-refractivity contribution is 0.153. The molecule has 2 heterocycles. The minimum atomic E-state index is 0.550. The van der Waals surface area contributed by atoms with Gasteiger partial charge in [-0.05, 0) is 38.5 Å². The van der Waals surface area contributed by atoms with E-state index in [1.54, 1.807) is 0 Å². The van der Waals surface area contributed by atoms with Crippen LogP contribution in [0.1, 0.15) is 46.5 Å². The van der Waals surface area contributed by atoms with Gasteiger partial charge in [-0.25, -0.2) is 0 Å². The highest BCUT2D eigenvalue weighted by atomic mass is 16.5. The van der Waals surface area contributed by atoms with E-state index in [0.29, 0.717) is 6.04 Å². The summed E-state index contributed by atoms with van der Waals surface area (Å²) in [4.78, 5) is 7.36. The summed E-state index contributed by atoms with van der Waals surface area (Å²) >= 11 is 0. The third-order valence-electron chi connectivity index (χ3n) is 4.66. The van der Waals surface area contributed by atoms with Crippen LogP contribution >= 0.6 is 0 Å². The summed E-state index contributed by atoms with van der Waals surface area (Å²) in [5, 5.41) is 7.03. The summed E-state index contributed by atoms with van der Waals surface area (Å²) in [6.07, 6.45) is 6.74. The van der Waals surface area contributed by atoms with Gasteiger partial charge < -0.3 is 20.3 Å². The topological polar surface area (TPSA) is 48.9 Å². The number of piperidine rings is 1. The highest BCUT2D eigenvalue weighted by Crippen LogP contribution is 2.13. The fourth-order valence-corrected chi connectivity index (χ4v) is 3.39. The highest BCUT2D eigenvalue weighted by Gasteiger charge is 2.20. The van der Waals surface area contributed by atoms with Crippen molar-refractivity contribution in [3.63, 3.8) is 0 Å². The molecule has 0 spiro atoms. The number of ether oxygens (including phenoxy) is 1. The van der Waals surface area contributed by atoms with Crippen molar-refractivity contribution in [2.24, 2.45) is 10.9 Å². The molecule has 2 aliphatic rings. The average Bonchev–Trinajstić information content (AvgIpc) is 2.57. The van der Waals surface area contributed by atoms with E-state index < -0.39 is 0 Å². The maximum atomic E-state index is 5.36. The summed E-state index contributed by atoms with van der Waals surface area (Å²) in [7, 11) is 0. The van der Waals surface area contributed by atoms with E-state index in [4.69, 9.17) is 9.73 Å². The van der Waals surface area contributed by atoms with Crippen LogP contribution in [0.25, 0.3) is 0 Å². The lowest BCUT2D eigenvalue weighted by atomic mass is 10.0. The minimum Gasteiger partial charge on any atom is -0.377 e. The largest absolute Gasteiger partial charge is 0.377 e. The molecule has 24 heavy (non-hydrogen) atoms. The maximum absolute atomic E-state index is 5.36. The Bertz CT molecular complexity index is 412. The van der Waals surface area contributed by atoms with E-state index in [1.807, 2.05) is 0 Å². The highest BCUT2D eigenvalue weighted by molar-refractivity contribution is 5.80. The van der Waals surface area contributed by atoms with Crippen LogP contribution in [0.2, 0.25) is 0 Å². The van der Waals surface area contributed by atoms with Gasteiger partial charge >= 0.3 is 0 Å². The summed E-state index contributed by atoms with van der Waals surface area (Å²) in [6.45, 7) is 13.7. The zero-order valence-electron chi connectivity index (χ0n) is 15.8. The second kappa shape index (κ2) is 10.7. The molecule has 0 aromatic carbocycles. The summed E-state index contributed by atoms with van der Waals surface area (Å²) in [5.41, 5.74) is 1.49. The molecule has 0 bridgehead atoms. The van der Waals surface area contributed by atoms with Crippen molar-refractivity contribution >= 4 is 5.96 Å². The Kier molecular flexibility index (Phi) is 8.60. The van der Waals surface area contributed by atoms with Crippen LogP contribution in [0.4, 0.5) is 0 Å². The quantitative estimate of drug-likeness (QED) is 0.426. The SMILES string of the molecule is CCNC(=NCCC1=CCOCC1)NC1CCN(CC(C)C)CC1. The zero-order valence-corrected chi connectivity index (χ0v) is 15.8. The van der Waals surface area contributed by atoms with Crippen LogP contribution in [0.15, 0.2) is 16.6 Å². The standard InChI is InChI=1S/C19H36N4O/c1-4-20-19(21-10-5-17-8-13-24-14-9-17)22-18-6-11-23(12-7-18)15-16(2)3/h8,16,18H,4-7,9-15H2,1-3H3,(H2,20,21,22). The van der Waals surface area contributed by atoms with Gasteiger partial charge in [-0.3, -0.25) is 4.99 Å². The number of hydrogen-bond acceptors (Lipinski definition) is 3. The number of hydrogen-bond donors (Lipinski definition) is 2. The lowest BCUT2D eigenvalue weighted by Gasteiger charge is -2.34. The van der Waals surface area contributed by atoms with Gasteiger partial charge in [-0.15, -0.1) is 0 Å². The van der Waals surface area contributed by atoms with E-state index in [-0.39, 0.29) is 0 Å². The third kappa shape index (κ3) is 7.22. The first-order valence-electron chi connectivity index (χ1n) is 9.70. The fraction of sp³-hybridized carbons (Fsp3) is 0.842. The molecule has 0 radical (unpaired) electrons. The normalized spacial score (nSPS) is 21.0. The van der Waals surface area contributed by atoms with E-state index in [1.165, 1.54) is 38.0 Å². The van der Waals surface area contributed by atoms with Crippen molar-refractivity contribution in [3.05, 3.63) is 11.6 Å². The molecule has 5 heteroatoms. The third-order valence-corrected chi connectivity index (χ3v) is 4.66. The van der Waals surface area contributed by atoms with Gasteiger partial charge in [0.1, 0.15) is 0 Å². The van der Waals surface area contributed by atoms with Gasteiger partial charge in [0.2, 0.25) is 0 Å². The summed E-state index contributed by atoms with van der Waals surface area (Å²) < 4.78 is 5.36. The van der Waals surface area contributed by atoms with Gasteiger partial charge in [0.15, 0.2) is 5.96 Å². The Balaban J connectivity index is 1.74. The molecule has 0 aromatic heterocycles. The van der Waals surface area contributed by atoms with Crippen LogP contribution in [0.5, 0.6) is 0 Å². The molecule has 1 fully saturated rings. The maximum Gasteiger partial charge on any atom is 0.191 e. The van der Waals surface area contributed by atoms with Crippen molar-refractivity contribution in [1.29, 1.82) is 0 Å². The first-order chi connectivity index (χ1) is 11.7. The van der Waals surface area contributed by atoms with Gasteiger partial charge in [0.25, 0.3) is 0 Å². The Morgan fingerprint density at radius 3 is 2.79 bits per heavy atom. The van der Waals surface area contributed by atoms with Crippen LogP contribution in [-0.4, -0.2) is 62.8 Å². The number of rotatable bonds is 7. The van der Waals surface area contributed by atoms with Gasteiger partial charge in [-0.1, -0.05) is 25.5 Å². The van der Waals surface area contributed by atoms with Crippen molar-refractivity contribution in [1.82, 2.24) is 15.5 Å². The second-order valence-corrected chi connectivity index (χ2v) is 7.31. The fourth-order valence-electron chi connectivity index (χ4n) is 3.39. The molecular formula is C19H36N4O. The second-order valence-electron chi connectivity index (χ2n) is 7.31. The van der Waals surface area contributed by atoms with Crippen LogP contribution in [0.3, 0.4) is 0 Å². The van der Waals surface area contributed by atoms with Crippen molar-refractivity contribution in [3.8, 4) is 0 Å². The molecule has 0 saturated carbocycles. The molecule has 2 N–H and O–H groups in total. The van der Waals surface area contributed by atoms with Crippen LogP contribution in [0, 0.1) is 5.92 Å². The number of aliphatic imine (C=N–C) groups is 1. The molecular weight excluding hydrogens is 300 g/mol. The molecule has 2 rings (SSSR count). The van der Waals surface area contributed by atoms with Crippen LogP contribution in [-0.2, 0) is 4.74 Å². The predicted molar refractivity (Wildman–Crippen MR) is 102 cm³/mol. The van der Waals surface area contributed by atoms with E-state index in [0.717, 1.165) is 51.0 Å². The van der Waals surface area contributed by atoms with E-state index in [9.17, 15) is 0 Å². The Morgan fingerprint density at radius 2 is 2.17 bits per heavy atom. The lowest BCUT2D eigenvalue weighted by Crippen LogP contribution is -2.49. The average molecular weight is 337 g/mol. The van der Waals surface area contributed by atoms with E-state index >= 15 is 0 Å². The van der Waals surface area contributed by atoms with E-state index in [2.05, 4.69) is 42.4 Å². The van der Waals surface area contributed by atoms with Crippen molar-refractivity contribution in [2.45, 2.75) is 52.5 Å². The molecule has 1 saturated heterocycles. The first kappa shape index (κ1) is 19.3. The molecule has 0 aromatic rings. The molecule has 0 atom stereocenters. The summed E-state index contributed by atoms with van der Waals surface area (Å²) in [5.74, 6) is 1.74. The van der Waals surface area contributed by atoms with Crippen LogP contribution < -0.4 is 10.6 Å². The Hall–Kier alpha value is -1.07. The molecule has 5 nitrogen and oxygen atoms in total. The Labute approximate surface area is 147 Å². The first-order valence-corrected chi connectivity index (χ1v) is 9.70. The zero-order chi connectivity index (χ0) is 17.2. The number of likely N-dealkylation sites (tertiary alicyclic amines) is 1. The van der Waals surface area contributed by atoms with Gasteiger partial charge in [0.05, 0.1) is 13.2 Å².